The second-order valence-electron chi connectivity index (χ2n) is 5.38. The lowest BCUT2D eigenvalue weighted by Gasteiger charge is -2.15. The molecule has 1 saturated carbocycles. The Hall–Kier alpha value is -2.18. The third kappa shape index (κ3) is 2.71. The Bertz CT molecular complexity index is 592. The zero-order valence-electron chi connectivity index (χ0n) is 11.6. The Morgan fingerprint density at radius 3 is 3.00 bits per heavy atom. The predicted octanol–water partition coefficient (Wildman–Crippen LogP) is 1.05. The number of carbonyl (C=O) groups excluding carboxylic acids is 1. The van der Waals surface area contributed by atoms with Crippen LogP contribution in [-0.2, 0) is 17.9 Å². The predicted molar refractivity (Wildman–Crippen MR) is 69.5 cm³/mol. The summed E-state index contributed by atoms with van der Waals surface area (Å²) in [4.78, 5) is 13.6. The largest absolute Gasteiger partial charge is 0.464 e. The van der Waals surface area contributed by atoms with Crippen molar-refractivity contribution in [3.05, 3.63) is 30.0 Å². The Labute approximate surface area is 116 Å². The first kappa shape index (κ1) is 12.8. The molecule has 0 bridgehead atoms. The topological polar surface area (TPSA) is 77.1 Å². The molecule has 1 aliphatic carbocycles. The van der Waals surface area contributed by atoms with E-state index in [1.165, 1.54) is 17.4 Å². The number of furan rings is 1. The molecule has 2 aromatic heterocycles. The van der Waals surface area contributed by atoms with Gasteiger partial charge >= 0.3 is 0 Å². The van der Waals surface area contributed by atoms with Crippen LogP contribution < -0.4 is 0 Å². The Balaban J connectivity index is 1.56. The number of likely N-dealkylation sites (N-methyl/N-ethyl adjacent to an activating group) is 1. The van der Waals surface area contributed by atoms with Gasteiger partial charge in [-0.15, -0.1) is 5.10 Å². The van der Waals surface area contributed by atoms with Crippen molar-refractivity contribution < 1.29 is 9.21 Å². The highest BCUT2D eigenvalue weighted by atomic mass is 16.3. The van der Waals surface area contributed by atoms with Crippen LogP contribution in [-0.4, -0.2) is 38.1 Å². The third-order valence-electron chi connectivity index (χ3n) is 3.66. The SMILES string of the molecule is C[C@@H]1C[C@@H]1c1ccc(CN(C)C(=O)Cn2cnnn2)o1. The molecule has 0 aromatic carbocycles. The van der Waals surface area contributed by atoms with E-state index in [0.717, 1.165) is 11.5 Å². The molecule has 7 nitrogen and oxygen atoms in total. The maximum absolute atomic E-state index is 12.0. The van der Waals surface area contributed by atoms with E-state index in [-0.39, 0.29) is 12.5 Å². The summed E-state index contributed by atoms with van der Waals surface area (Å²) in [5.41, 5.74) is 0. The van der Waals surface area contributed by atoms with Crippen molar-refractivity contribution in [3.63, 3.8) is 0 Å². The number of hydrogen-bond acceptors (Lipinski definition) is 5. The van der Waals surface area contributed by atoms with Crippen LogP contribution in [0.1, 0.15) is 30.8 Å². The molecule has 0 N–H and O–H groups in total. The molecule has 7 heteroatoms. The van der Waals surface area contributed by atoms with Crippen LogP contribution in [0.15, 0.2) is 22.9 Å². The summed E-state index contributed by atoms with van der Waals surface area (Å²) in [5.74, 6) is 3.06. The average molecular weight is 275 g/mol. The smallest absolute Gasteiger partial charge is 0.244 e. The zero-order valence-corrected chi connectivity index (χ0v) is 11.6. The molecular formula is C13H17N5O2. The summed E-state index contributed by atoms with van der Waals surface area (Å²) in [6, 6.07) is 3.96. The minimum Gasteiger partial charge on any atom is -0.464 e. The molecule has 1 amide bonds. The van der Waals surface area contributed by atoms with Gasteiger partial charge in [-0.25, -0.2) is 4.68 Å². The van der Waals surface area contributed by atoms with Gasteiger partial charge in [0.25, 0.3) is 0 Å². The van der Waals surface area contributed by atoms with Gasteiger partial charge < -0.3 is 9.32 Å². The van der Waals surface area contributed by atoms with E-state index in [1.54, 1.807) is 11.9 Å². The van der Waals surface area contributed by atoms with Crippen molar-refractivity contribution in [1.29, 1.82) is 0 Å². The number of rotatable bonds is 5. The van der Waals surface area contributed by atoms with Gasteiger partial charge in [-0.3, -0.25) is 4.79 Å². The van der Waals surface area contributed by atoms with Gasteiger partial charge in [0.2, 0.25) is 5.91 Å². The van der Waals surface area contributed by atoms with Crippen LogP contribution in [0.3, 0.4) is 0 Å². The highest BCUT2D eigenvalue weighted by Crippen LogP contribution is 2.47. The van der Waals surface area contributed by atoms with E-state index in [1.807, 2.05) is 12.1 Å². The first-order chi connectivity index (χ1) is 9.63. The van der Waals surface area contributed by atoms with Crippen LogP contribution in [0.25, 0.3) is 0 Å². The van der Waals surface area contributed by atoms with E-state index in [9.17, 15) is 4.79 Å². The molecule has 20 heavy (non-hydrogen) atoms. The molecule has 1 aliphatic rings. The average Bonchev–Trinajstić information content (AvgIpc) is 2.87. The number of tetrazole rings is 1. The van der Waals surface area contributed by atoms with Crippen LogP contribution in [0.2, 0.25) is 0 Å². The molecule has 0 saturated heterocycles. The molecule has 0 aliphatic heterocycles. The van der Waals surface area contributed by atoms with Crippen molar-refractivity contribution >= 4 is 5.91 Å². The monoisotopic (exact) mass is 275 g/mol. The molecule has 106 valence electrons. The molecule has 3 rings (SSSR count). The molecule has 0 unspecified atom stereocenters. The Kier molecular flexibility index (Phi) is 3.25. The summed E-state index contributed by atoms with van der Waals surface area (Å²) >= 11 is 0. The number of carbonyl (C=O) groups is 1. The van der Waals surface area contributed by atoms with E-state index in [4.69, 9.17) is 4.42 Å². The Morgan fingerprint density at radius 1 is 1.55 bits per heavy atom. The van der Waals surface area contributed by atoms with Crippen molar-refractivity contribution in [2.45, 2.75) is 32.4 Å². The summed E-state index contributed by atoms with van der Waals surface area (Å²) < 4.78 is 7.19. The fourth-order valence-corrected chi connectivity index (χ4v) is 2.23. The maximum Gasteiger partial charge on any atom is 0.244 e. The van der Waals surface area contributed by atoms with E-state index in [2.05, 4.69) is 22.4 Å². The van der Waals surface area contributed by atoms with Crippen molar-refractivity contribution in [3.8, 4) is 0 Å². The number of nitrogens with zero attached hydrogens (tertiary/aromatic N) is 5. The van der Waals surface area contributed by atoms with Crippen LogP contribution in [0.4, 0.5) is 0 Å². The number of aromatic nitrogens is 4. The highest BCUT2D eigenvalue weighted by molar-refractivity contribution is 5.75. The normalized spacial score (nSPS) is 20.9. The van der Waals surface area contributed by atoms with Gasteiger partial charge in [-0.05, 0) is 34.9 Å². The van der Waals surface area contributed by atoms with Crippen LogP contribution >= 0.6 is 0 Å². The fraction of sp³-hybridized carbons (Fsp3) is 0.538. The van der Waals surface area contributed by atoms with E-state index >= 15 is 0 Å². The van der Waals surface area contributed by atoms with Gasteiger partial charge in [0.1, 0.15) is 24.4 Å². The van der Waals surface area contributed by atoms with Gasteiger partial charge in [0, 0.05) is 13.0 Å². The van der Waals surface area contributed by atoms with Crippen molar-refractivity contribution in [2.24, 2.45) is 5.92 Å². The second kappa shape index (κ2) is 5.07. The summed E-state index contributed by atoms with van der Waals surface area (Å²) in [6.45, 7) is 2.81. The lowest BCUT2D eigenvalue weighted by Crippen LogP contribution is -2.29. The number of amides is 1. The number of hydrogen-bond donors (Lipinski definition) is 0. The summed E-state index contributed by atoms with van der Waals surface area (Å²) in [5, 5.41) is 10.7. The van der Waals surface area contributed by atoms with Gasteiger partial charge in [-0.2, -0.15) is 0 Å². The standard InChI is InChI=1S/C13H17N5O2/c1-9-5-11(9)12-4-3-10(20-12)6-17(2)13(19)7-18-8-14-15-16-18/h3-4,8-9,11H,5-7H2,1-2H3/t9-,11+/m1/s1. The second-order valence-corrected chi connectivity index (χ2v) is 5.38. The van der Waals surface area contributed by atoms with Crippen molar-refractivity contribution in [2.75, 3.05) is 7.05 Å². The first-order valence-corrected chi connectivity index (χ1v) is 6.67. The molecule has 2 heterocycles. The quantitative estimate of drug-likeness (QED) is 0.815. The molecular weight excluding hydrogens is 258 g/mol. The lowest BCUT2D eigenvalue weighted by molar-refractivity contribution is -0.131. The highest BCUT2D eigenvalue weighted by Gasteiger charge is 2.36. The maximum atomic E-state index is 12.0. The molecule has 2 atom stereocenters. The van der Waals surface area contributed by atoms with Gasteiger partial charge in [0.05, 0.1) is 6.54 Å². The van der Waals surface area contributed by atoms with Crippen LogP contribution in [0.5, 0.6) is 0 Å². The van der Waals surface area contributed by atoms with E-state index < -0.39 is 0 Å². The van der Waals surface area contributed by atoms with Gasteiger partial charge in [-0.1, -0.05) is 6.92 Å². The van der Waals surface area contributed by atoms with Crippen LogP contribution in [0, 0.1) is 5.92 Å². The molecule has 0 spiro atoms. The lowest BCUT2D eigenvalue weighted by atomic mass is 10.3. The summed E-state index contributed by atoms with van der Waals surface area (Å²) in [6.07, 6.45) is 2.62. The Morgan fingerprint density at radius 2 is 2.35 bits per heavy atom. The molecule has 2 aromatic rings. The molecule has 1 fully saturated rings. The minimum absolute atomic E-state index is 0.0601. The first-order valence-electron chi connectivity index (χ1n) is 6.67. The fourth-order valence-electron chi connectivity index (χ4n) is 2.23. The third-order valence-corrected chi connectivity index (χ3v) is 3.66. The zero-order chi connectivity index (χ0) is 14.1. The van der Waals surface area contributed by atoms with E-state index in [0.29, 0.717) is 18.4 Å². The van der Waals surface area contributed by atoms with Crippen molar-refractivity contribution in [1.82, 2.24) is 25.1 Å². The minimum atomic E-state index is -0.0601. The molecule has 0 radical (unpaired) electrons. The van der Waals surface area contributed by atoms with Gasteiger partial charge in [0.15, 0.2) is 0 Å². The summed E-state index contributed by atoms with van der Waals surface area (Å²) in [7, 11) is 1.74.